The number of ether oxygens (including phenoxy) is 1. The fraction of sp³-hybridized carbons (Fsp3) is 0.500. The van der Waals surface area contributed by atoms with Crippen molar-refractivity contribution in [3.63, 3.8) is 0 Å². The van der Waals surface area contributed by atoms with Crippen LogP contribution in [0.15, 0.2) is 16.7 Å². The standard InChI is InChI=1S/C20H30BrN7O4/c1-5-6-7-11-28(4,31)16(21)8-12-32-20(30)27(3)14-19(29)24-10-9-23-18-13-17(22)25-15(2)26-18/h1,8,13H,6-7,9-12,14H2,2-4H3,(H,24,29)(H3,22,23,25,26)/b16-8+. The number of quaternary nitrogens is 1. The van der Waals surface area contributed by atoms with Gasteiger partial charge >= 0.3 is 6.09 Å². The number of nitrogens with zero attached hydrogens (tertiary/aromatic N) is 4. The first kappa shape index (κ1) is 27.2. The third-order valence-corrected chi connectivity index (χ3v) is 5.19. The lowest BCUT2D eigenvalue weighted by Crippen LogP contribution is -2.40. The molecule has 0 spiro atoms. The van der Waals surface area contributed by atoms with Crippen LogP contribution in [-0.2, 0) is 9.53 Å². The van der Waals surface area contributed by atoms with Crippen LogP contribution in [-0.4, -0.2) is 78.4 Å². The fourth-order valence-corrected chi connectivity index (χ4v) is 2.79. The number of aromatic nitrogens is 2. The molecule has 1 aromatic heterocycles. The van der Waals surface area contributed by atoms with E-state index < -0.39 is 10.7 Å². The summed E-state index contributed by atoms with van der Waals surface area (Å²) in [6, 6.07) is 1.59. The van der Waals surface area contributed by atoms with Gasteiger partial charge in [0, 0.05) is 61.1 Å². The van der Waals surface area contributed by atoms with E-state index in [1.807, 2.05) is 0 Å². The Morgan fingerprint density at radius 3 is 2.81 bits per heavy atom. The lowest BCUT2D eigenvalue weighted by atomic mass is 10.3. The first-order valence-electron chi connectivity index (χ1n) is 9.91. The van der Waals surface area contributed by atoms with Gasteiger partial charge in [0.1, 0.15) is 30.6 Å². The molecule has 0 fully saturated rings. The summed E-state index contributed by atoms with van der Waals surface area (Å²) in [6.07, 6.45) is 7.08. The number of hydrogen-bond donors (Lipinski definition) is 3. The van der Waals surface area contributed by atoms with Gasteiger partial charge in [-0.2, -0.15) is 0 Å². The van der Waals surface area contributed by atoms with Crippen molar-refractivity contribution in [3.8, 4) is 12.3 Å². The highest BCUT2D eigenvalue weighted by atomic mass is 79.9. The quantitative estimate of drug-likeness (QED) is 0.126. The van der Waals surface area contributed by atoms with Crippen LogP contribution in [0.3, 0.4) is 0 Å². The molecule has 1 atom stereocenters. The van der Waals surface area contributed by atoms with Crippen LogP contribution in [0.25, 0.3) is 0 Å². The van der Waals surface area contributed by atoms with Crippen molar-refractivity contribution in [3.05, 3.63) is 27.8 Å². The Kier molecular flexibility index (Phi) is 11.5. The number of halogens is 1. The molecule has 0 bridgehead atoms. The number of terminal acetylenes is 1. The molecule has 12 heteroatoms. The Balaban J connectivity index is 2.32. The average Bonchev–Trinajstić information content (AvgIpc) is 2.70. The normalized spacial score (nSPS) is 12.9. The van der Waals surface area contributed by atoms with Gasteiger partial charge in [-0.05, 0) is 6.92 Å². The van der Waals surface area contributed by atoms with Crippen LogP contribution in [0.1, 0.15) is 18.7 Å². The zero-order valence-electron chi connectivity index (χ0n) is 18.6. The number of rotatable bonds is 12. The molecule has 1 aromatic rings. The molecule has 0 aliphatic rings. The molecule has 0 aromatic carbocycles. The van der Waals surface area contributed by atoms with Gasteiger partial charge < -0.3 is 35.9 Å². The predicted octanol–water partition coefficient (Wildman–Crippen LogP) is 1.56. The third kappa shape index (κ3) is 10.4. The fourth-order valence-electron chi connectivity index (χ4n) is 2.48. The number of hydroxylamine groups is 3. The number of nitrogens with two attached hydrogens (primary N) is 1. The van der Waals surface area contributed by atoms with Crippen LogP contribution >= 0.6 is 15.9 Å². The molecule has 1 heterocycles. The lowest BCUT2D eigenvalue weighted by Gasteiger charge is -2.37. The van der Waals surface area contributed by atoms with E-state index in [0.29, 0.717) is 54.5 Å². The monoisotopic (exact) mass is 511 g/mol. The minimum absolute atomic E-state index is 0.109. The van der Waals surface area contributed by atoms with Gasteiger partial charge in [-0.25, -0.2) is 14.8 Å². The number of likely N-dealkylation sites (N-methyl/N-ethyl adjacent to an activating group) is 1. The highest BCUT2D eigenvalue weighted by Crippen LogP contribution is 2.20. The molecule has 2 amide bonds. The minimum atomic E-state index is -0.686. The minimum Gasteiger partial charge on any atom is -0.627 e. The molecule has 0 saturated heterocycles. The van der Waals surface area contributed by atoms with Gasteiger partial charge in [0.2, 0.25) is 5.91 Å². The van der Waals surface area contributed by atoms with Crippen molar-refractivity contribution in [2.45, 2.75) is 19.8 Å². The largest absolute Gasteiger partial charge is 0.627 e. The van der Waals surface area contributed by atoms with Crippen molar-refractivity contribution in [1.82, 2.24) is 20.2 Å². The van der Waals surface area contributed by atoms with E-state index in [-0.39, 0.29) is 19.1 Å². The van der Waals surface area contributed by atoms with E-state index in [2.05, 4.69) is 42.5 Å². The number of aryl methyl sites for hydroxylation is 1. The summed E-state index contributed by atoms with van der Waals surface area (Å²) >= 11 is 3.22. The van der Waals surface area contributed by atoms with Crippen LogP contribution < -0.4 is 16.4 Å². The molecule has 4 N–H and O–H groups in total. The van der Waals surface area contributed by atoms with Gasteiger partial charge in [-0.1, -0.05) is 0 Å². The second-order valence-corrected chi connectivity index (χ2v) is 7.91. The van der Waals surface area contributed by atoms with Gasteiger partial charge in [-0.3, -0.25) is 4.79 Å². The Morgan fingerprint density at radius 2 is 2.16 bits per heavy atom. The first-order valence-corrected chi connectivity index (χ1v) is 10.7. The van der Waals surface area contributed by atoms with Crippen molar-refractivity contribution < 1.29 is 19.0 Å². The lowest BCUT2D eigenvalue weighted by molar-refractivity contribution is -0.812. The summed E-state index contributed by atoms with van der Waals surface area (Å²) in [7, 11) is 2.92. The number of nitrogen functional groups attached to an aromatic ring is 1. The molecule has 0 aliphatic carbocycles. The van der Waals surface area contributed by atoms with Gasteiger partial charge in [0.05, 0.1) is 13.6 Å². The maximum absolute atomic E-state index is 12.4. The molecule has 176 valence electrons. The molecule has 0 saturated carbocycles. The summed E-state index contributed by atoms with van der Waals surface area (Å²) < 4.78 is 4.75. The van der Waals surface area contributed by atoms with Crippen LogP contribution in [0.2, 0.25) is 0 Å². The van der Waals surface area contributed by atoms with Crippen molar-refractivity contribution in [1.29, 1.82) is 0 Å². The Labute approximate surface area is 196 Å². The first-order chi connectivity index (χ1) is 15.0. The summed E-state index contributed by atoms with van der Waals surface area (Å²) in [6.45, 7) is 2.48. The molecule has 1 rings (SSSR count). The molecule has 1 unspecified atom stereocenters. The molecule has 32 heavy (non-hydrogen) atoms. The highest BCUT2D eigenvalue weighted by Gasteiger charge is 2.16. The molecule has 0 radical (unpaired) electrons. The Hall–Kier alpha value is -2.88. The van der Waals surface area contributed by atoms with Crippen LogP contribution in [0.4, 0.5) is 16.4 Å². The molecule has 0 aliphatic heterocycles. The molecule has 11 nitrogen and oxygen atoms in total. The maximum Gasteiger partial charge on any atom is 0.410 e. The van der Waals surface area contributed by atoms with Gasteiger partial charge in [-0.15, -0.1) is 12.3 Å². The van der Waals surface area contributed by atoms with Gasteiger partial charge in [0.15, 0.2) is 4.61 Å². The molecular weight excluding hydrogens is 482 g/mol. The number of carbonyl (C=O) groups is 2. The van der Waals surface area contributed by atoms with Crippen LogP contribution in [0, 0.1) is 24.5 Å². The summed E-state index contributed by atoms with van der Waals surface area (Å²) in [5.41, 5.74) is 5.65. The summed E-state index contributed by atoms with van der Waals surface area (Å²) in [5, 5.41) is 18.1. The van der Waals surface area contributed by atoms with E-state index in [1.54, 1.807) is 13.0 Å². The highest BCUT2D eigenvalue weighted by molar-refractivity contribution is 9.11. The van der Waals surface area contributed by atoms with Crippen molar-refractivity contribution in [2.24, 2.45) is 0 Å². The zero-order valence-corrected chi connectivity index (χ0v) is 20.1. The number of amides is 2. The molecular formula is C20H30BrN7O4. The number of nitrogens with one attached hydrogen (secondary N) is 2. The summed E-state index contributed by atoms with van der Waals surface area (Å²) in [4.78, 5) is 33.3. The topological polar surface area (TPSA) is 146 Å². The Bertz CT molecular complexity index is 835. The number of hydrogen-bond acceptors (Lipinski definition) is 8. The zero-order chi connectivity index (χ0) is 24.1. The van der Waals surface area contributed by atoms with E-state index in [1.165, 1.54) is 20.2 Å². The van der Waals surface area contributed by atoms with Crippen molar-refractivity contribution >= 4 is 39.6 Å². The second kappa shape index (κ2) is 13.5. The predicted molar refractivity (Wildman–Crippen MR) is 126 cm³/mol. The number of unbranched alkanes of at least 4 members (excludes halogenated alkanes) is 1. The number of anilines is 2. The van der Waals surface area contributed by atoms with Crippen LogP contribution in [0.5, 0.6) is 0 Å². The Morgan fingerprint density at radius 1 is 1.44 bits per heavy atom. The number of carbonyl (C=O) groups excluding carboxylic acids is 2. The van der Waals surface area contributed by atoms with E-state index in [0.717, 1.165) is 4.90 Å². The third-order valence-electron chi connectivity index (χ3n) is 4.12. The van der Waals surface area contributed by atoms with E-state index in [9.17, 15) is 14.8 Å². The summed E-state index contributed by atoms with van der Waals surface area (Å²) in [5.74, 6) is 3.60. The van der Waals surface area contributed by atoms with Crippen molar-refractivity contribution in [2.75, 3.05) is 57.9 Å². The van der Waals surface area contributed by atoms with E-state index in [4.69, 9.17) is 16.9 Å². The van der Waals surface area contributed by atoms with Gasteiger partial charge in [0.25, 0.3) is 0 Å². The smallest absolute Gasteiger partial charge is 0.410 e. The SMILES string of the molecule is C#CCCC[N+](C)([O-])/C(Br)=C/COC(=O)N(C)CC(=O)NCCNc1cc(N)nc(C)n1. The average molecular weight is 512 g/mol. The maximum atomic E-state index is 12.4. The van der Waals surface area contributed by atoms with E-state index >= 15 is 0 Å². The second-order valence-electron chi connectivity index (χ2n) is 7.09.